The molecular weight excluding hydrogens is 434 g/mol. The third kappa shape index (κ3) is 3.90. The number of urea groups is 1. The molecule has 0 saturated carbocycles. The molecule has 8 nitrogen and oxygen atoms in total. The van der Waals surface area contributed by atoms with Crippen molar-refractivity contribution in [3.63, 3.8) is 0 Å². The third-order valence-electron chi connectivity index (χ3n) is 5.85. The van der Waals surface area contributed by atoms with E-state index in [2.05, 4.69) is 5.32 Å². The normalized spacial score (nSPS) is 15.1. The van der Waals surface area contributed by atoms with E-state index in [0.717, 1.165) is 33.1 Å². The van der Waals surface area contributed by atoms with Crippen LogP contribution in [0, 0.1) is 27.7 Å². The molecule has 34 heavy (non-hydrogen) atoms. The fourth-order valence-corrected chi connectivity index (χ4v) is 4.09. The van der Waals surface area contributed by atoms with Crippen LogP contribution in [-0.2, 0) is 9.59 Å². The van der Waals surface area contributed by atoms with Gasteiger partial charge in [-0.3, -0.25) is 14.9 Å². The maximum Gasteiger partial charge on any atom is 0.335 e. The summed E-state index contributed by atoms with van der Waals surface area (Å²) in [6.07, 6.45) is 1.48. The molecule has 0 bridgehead atoms. The van der Waals surface area contributed by atoms with Crippen LogP contribution in [0.2, 0.25) is 0 Å². The summed E-state index contributed by atoms with van der Waals surface area (Å²) in [5, 5.41) is 11.5. The Bertz CT molecular complexity index is 1400. The molecule has 4 rings (SSSR count). The van der Waals surface area contributed by atoms with E-state index in [1.807, 2.05) is 38.3 Å². The Morgan fingerprint density at radius 3 is 2.24 bits per heavy atom. The fourth-order valence-electron chi connectivity index (χ4n) is 4.09. The summed E-state index contributed by atoms with van der Waals surface area (Å²) < 4.78 is 1.93. The molecule has 3 aromatic rings. The van der Waals surface area contributed by atoms with Crippen molar-refractivity contribution in [1.82, 2.24) is 9.88 Å². The molecule has 4 amide bonds. The van der Waals surface area contributed by atoms with Gasteiger partial charge >= 0.3 is 12.0 Å². The van der Waals surface area contributed by atoms with Crippen molar-refractivity contribution in [2.75, 3.05) is 4.90 Å². The number of anilines is 1. The zero-order valence-corrected chi connectivity index (χ0v) is 19.2. The van der Waals surface area contributed by atoms with Gasteiger partial charge in [0.2, 0.25) is 0 Å². The number of carboxylic acids is 1. The largest absolute Gasteiger partial charge is 0.478 e. The highest BCUT2D eigenvalue weighted by atomic mass is 16.4. The van der Waals surface area contributed by atoms with Gasteiger partial charge in [-0.1, -0.05) is 17.7 Å². The number of carbonyl (C=O) groups excluding carboxylic acids is 3. The minimum absolute atomic E-state index is 0.154. The lowest BCUT2D eigenvalue weighted by Crippen LogP contribution is -2.54. The first kappa shape index (κ1) is 22.7. The molecule has 1 saturated heterocycles. The predicted octanol–water partition coefficient (Wildman–Crippen LogP) is 4.08. The average molecular weight is 457 g/mol. The molecule has 2 aromatic carbocycles. The van der Waals surface area contributed by atoms with E-state index in [1.165, 1.54) is 12.1 Å². The van der Waals surface area contributed by atoms with E-state index in [4.69, 9.17) is 0 Å². The lowest BCUT2D eigenvalue weighted by molar-refractivity contribution is -0.122. The van der Waals surface area contributed by atoms with Crippen molar-refractivity contribution < 1.29 is 24.3 Å². The number of nitrogens with zero attached hydrogens (tertiary/aromatic N) is 2. The molecular formula is C26H23N3O5. The van der Waals surface area contributed by atoms with Crippen molar-refractivity contribution in [2.45, 2.75) is 27.7 Å². The molecule has 8 heteroatoms. The first-order chi connectivity index (χ1) is 16.1. The molecule has 1 aliphatic heterocycles. The molecule has 0 radical (unpaired) electrons. The molecule has 1 aromatic heterocycles. The number of imide groups is 2. The number of benzene rings is 2. The summed E-state index contributed by atoms with van der Waals surface area (Å²) >= 11 is 0. The van der Waals surface area contributed by atoms with Gasteiger partial charge in [-0.15, -0.1) is 0 Å². The van der Waals surface area contributed by atoms with Crippen LogP contribution in [0.5, 0.6) is 0 Å². The number of carbonyl (C=O) groups is 4. The monoisotopic (exact) mass is 457 g/mol. The van der Waals surface area contributed by atoms with Crippen molar-refractivity contribution in [1.29, 1.82) is 0 Å². The first-order valence-electron chi connectivity index (χ1n) is 10.6. The summed E-state index contributed by atoms with van der Waals surface area (Å²) in [5.74, 6) is -2.47. The van der Waals surface area contributed by atoms with Crippen LogP contribution in [-0.4, -0.2) is 33.5 Å². The molecule has 1 aliphatic rings. The highest BCUT2D eigenvalue weighted by Gasteiger charge is 2.37. The minimum atomic E-state index is -1.00. The number of aryl methyl sites for hydroxylation is 3. The van der Waals surface area contributed by atoms with Crippen molar-refractivity contribution in [3.05, 3.63) is 87.7 Å². The van der Waals surface area contributed by atoms with E-state index < -0.39 is 23.8 Å². The molecule has 172 valence electrons. The number of barbiturate groups is 1. The average Bonchev–Trinajstić information content (AvgIpc) is 3.05. The Labute approximate surface area is 196 Å². The molecule has 1 fully saturated rings. The maximum atomic E-state index is 13.2. The van der Waals surface area contributed by atoms with Gasteiger partial charge in [-0.05, 0) is 81.3 Å². The van der Waals surface area contributed by atoms with Crippen LogP contribution in [0.25, 0.3) is 11.8 Å². The maximum absolute atomic E-state index is 13.2. The number of nitrogens with one attached hydrogen (secondary N) is 1. The molecule has 2 N–H and O–H groups in total. The number of hydrogen-bond donors (Lipinski definition) is 2. The Morgan fingerprint density at radius 2 is 1.62 bits per heavy atom. The Kier molecular flexibility index (Phi) is 5.66. The van der Waals surface area contributed by atoms with Gasteiger partial charge in [0.15, 0.2) is 0 Å². The summed E-state index contributed by atoms with van der Waals surface area (Å²) in [4.78, 5) is 50.4. The fraction of sp³-hybridized carbons (Fsp3) is 0.154. The number of carboxylic acid groups (broad SMARTS) is 1. The predicted molar refractivity (Wildman–Crippen MR) is 127 cm³/mol. The van der Waals surface area contributed by atoms with Crippen molar-refractivity contribution in [2.24, 2.45) is 0 Å². The van der Waals surface area contributed by atoms with Gasteiger partial charge in [0.1, 0.15) is 5.57 Å². The second kappa shape index (κ2) is 8.47. The highest BCUT2D eigenvalue weighted by Crippen LogP contribution is 2.27. The van der Waals surface area contributed by atoms with Gasteiger partial charge in [0.05, 0.1) is 11.3 Å². The summed E-state index contributed by atoms with van der Waals surface area (Å²) in [6.45, 7) is 7.44. The van der Waals surface area contributed by atoms with E-state index in [9.17, 15) is 24.3 Å². The van der Waals surface area contributed by atoms with Gasteiger partial charge in [-0.25, -0.2) is 14.5 Å². The second-order valence-corrected chi connectivity index (χ2v) is 8.26. The molecule has 2 heterocycles. The van der Waals surface area contributed by atoms with Crippen molar-refractivity contribution in [3.8, 4) is 5.69 Å². The molecule has 0 spiro atoms. The number of hydrogen-bond acceptors (Lipinski definition) is 4. The standard InChI is InChI=1S/C26H23N3O5/c1-14-5-8-20(9-6-14)29-24(31)21(23(30)27-26(29)34)13-19-12-16(3)28(17(19)4)22-10-7-18(25(32)33)11-15(22)2/h5-13H,1-4H3,(H,32,33)(H,27,30,34)/b21-13+. The third-order valence-corrected chi connectivity index (χ3v) is 5.85. The minimum Gasteiger partial charge on any atom is -0.478 e. The van der Waals surface area contributed by atoms with Crippen LogP contribution in [0.1, 0.15) is 38.4 Å². The van der Waals surface area contributed by atoms with Gasteiger partial charge < -0.3 is 9.67 Å². The molecule has 0 aliphatic carbocycles. The van der Waals surface area contributed by atoms with E-state index in [1.54, 1.807) is 36.4 Å². The van der Waals surface area contributed by atoms with E-state index in [0.29, 0.717) is 11.3 Å². The topological polar surface area (TPSA) is 109 Å². The zero-order chi connectivity index (χ0) is 24.7. The summed E-state index contributed by atoms with van der Waals surface area (Å²) in [5.41, 5.74) is 5.17. The van der Waals surface area contributed by atoms with E-state index in [-0.39, 0.29) is 11.1 Å². The lowest BCUT2D eigenvalue weighted by atomic mass is 10.1. The number of aromatic carboxylic acids is 1. The highest BCUT2D eigenvalue weighted by molar-refractivity contribution is 6.39. The Morgan fingerprint density at radius 1 is 0.941 bits per heavy atom. The first-order valence-corrected chi connectivity index (χ1v) is 10.6. The Hall–Kier alpha value is -4.46. The van der Waals surface area contributed by atoms with Crippen LogP contribution >= 0.6 is 0 Å². The van der Waals surface area contributed by atoms with Crippen LogP contribution in [0.15, 0.2) is 54.1 Å². The Balaban J connectivity index is 1.76. The SMILES string of the molecule is Cc1ccc(N2C(=O)NC(=O)/C(=C\c3cc(C)n(-c4ccc(C(=O)O)cc4C)c3C)C2=O)cc1. The quantitative estimate of drug-likeness (QED) is 0.453. The smallest absolute Gasteiger partial charge is 0.335 e. The van der Waals surface area contributed by atoms with Crippen LogP contribution in [0.3, 0.4) is 0 Å². The van der Waals surface area contributed by atoms with Crippen molar-refractivity contribution >= 4 is 35.6 Å². The zero-order valence-electron chi connectivity index (χ0n) is 19.2. The number of rotatable bonds is 4. The number of amides is 4. The van der Waals surface area contributed by atoms with Gasteiger partial charge in [0, 0.05) is 17.1 Å². The number of aromatic nitrogens is 1. The van der Waals surface area contributed by atoms with Gasteiger partial charge in [-0.2, -0.15) is 0 Å². The molecule has 0 atom stereocenters. The summed E-state index contributed by atoms with van der Waals surface area (Å²) in [6, 6.07) is 12.7. The second-order valence-electron chi connectivity index (χ2n) is 8.26. The van der Waals surface area contributed by atoms with Crippen LogP contribution in [0.4, 0.5) is 10.5 Å². The van der Waals surface area contributed by atoms with Gasteiger partial charge in [0.25, 0.3) is 11.8 Å². The summed E-state index contributed by atoms with van der Waals surface area (Å²) in [7, 11) is 0. The molecule has 0 unspecified atom stereocenters. The van der Waals surface area contributed by atoms with Crippen LogP contribution < -0.4 is 10.2 Å². The van der Waals surface area contributed by atoms with E-state index >= 15 is 0 Å². The lowest BCUT2D eigenvalue weighted by Gasteiger charge is -2.26.